The molecule has 0 aromatic carbocycles. The lowest BCUT2D eigenvalue weighted by Gasteiger charge is -2.18. The van der Waals surface area contributed by atoms with Crippen LogP contribution in [0, 0.1) is 0 Å². The highest BCUT2D eigenvalue weighted by Crippen LogP contribution is 2.16. The second-order valence-electron chi connectivity index (χ2n) is 2.94. The van der Waals surface area contributed by atoms with Gasteiger partial charge in [0, 0.05) is 19.5 Å². The van der Waals surface area contributed by atoms with E-state index >= 15 is 0 Å². The molecular formula is C7H12ClNO3. The number of amides is 1. The second-order valence-corrected chi connectivity index (χ2v) is 3.55. The lowest BCUT2D eigenvalue weighted by atomic mass is 10.3. The van der Waals surface area contributed by atoms with Crippen LogP contribution in [0.2, 0.25) is 0 Å². The highest BCUT2D eigenvalue weighted by Gasteiger charge is 2.28. The van der Waals surface area contributed by atoms with Crippen LogP contribution in [0.5, 0.6) is 0 Å². The number of halogens is 1. The minimum Gasteiger partial charge on any atom is -0.394 e. The van der Waals surface area contributed by atoms with Crippen LogP contribution < -0.4 is 0 Å². The van der Waals surface area contributed by atoms with Crippen molar-refractivity contribution >= 4 is 17.5 Å². The van der Waals surface area contributed by atoms with Gasteiger partial charge < -0.3 is 15.1 Å². The summed E-state index contributed by atoms with van der Waals surface area (Å²) in [6.45, 7) is 0.326. The topological polar surface area (TPSA) is 60.8 Å². The van der Waals surface area contributed by atoms with Crippen LogP contribution in [0.25, 0.3) is 0 Å². The van der Waals surface area contributed by atoms with Gasteiger partial charge in [-0.2, -0.15) is 0 Å². The predicted octanol–water partition coefficient (Wildman–Crippen LogP) is -0.821. The molecule has 5 heteroatoms. The number of hydrogen-bond acceptors (Lipinski definition) is 3. The van der Waals surface area contributed by atoms with E-state index in [0.29, 0.717) is 13.0 Å². The van der Waals surface area contributed by atoms with Gasteiger partial charge in [0.25, 0.3) is 0 Å². The first kappa shape index (κ1) is 9.77. The zero-order valence-electron chi connectivity index (χ0n) is 6.61. The molecule has 1 rings (SSSR count). The molecule has 0 spiro atoms. The summed E-state index contributed by atoms with van der Waals surface area (Å²) >= 11 is 5.72. The maximum absolute atomic E-state index is 11.1. The maximum atomic E-state index is 11.1. The van der Waals surface area contributed by atoms with Gasteiger partial charge in [0.1, 0.15) is 0 Å². The minimum absolute atomic E-state index is 0.0532. The molecule has 0 aliphatic carbocycles. The molecule has 2 unspecified atom stereocenters. The Kier molecular flexibility index (Phi) is 3.31. The van der Waals surface area contributed by atoms with Gasteiger partial charge in [-0.3, -0.25) is 4.79 Å². The van der Waals surface area contributed by atoms with Crippen LogP contribution in [-0.4, -0.2) is 52.2 Å². The number of β-amino-alcohol motifs (C(OH)–C–C–N with tert-alkyl or cyclic N) is 1. The second kappa shape index (κ2) is 4.07. The standard InChI is InChI=1S/C7H12ClNO3/c8-5-1-7(12)9(2-5)3-6(11)4-10/h5-6,10-11H,1-4H2. The van der Waals surface area contributed by atoms with Gasteiger partial charge in [0.05, 0.1) is 18.1 Å². The van der Waals surface area contributed by atoms with E-state index in [2.05, 4.69) is 0 Å². The van der Waals surface area contributed by atoms with Gasteiger partial charge in [0.2, 0.25) is 5.91 Å². The third kappa shape index (κ3) is 2.33. The van der Waals surface area contributed by atoms with Gasteiger partial charge in [-0.05, 0) is 0 Å². The number of rotatable bonds is 3. The lowest BCUT2D eigenvalue weighted by molar-refractivity contribution is -0.129. The highest BCUT2D eigenvalue weighted by molar-refractivity contribution is 6.22. The summed E-state index contributed by atoms with van der Waals surface area (Å²) in [7, 11) is 0. The summed E-state index contributed by atoms with van der Waals surface area (Å²) in [5, 5.41) is 17.4. The molecule has 0 bridgehead atoms. The molecule has 1 saturated heterocycles. The molecule has 1 heterocycles. The van der Waals surface area contributed by atoms with Crippen LogP contribution in [0.15, 0.2) is 0 Å². The lowest BCUT2D eigenvalue weighted by Crippen LogP contribution is -2.35. The summed E-state index contributed by atoms with van der Waals surface area (Å²) in [5.74, 6) is -0.0532. The molecule has 4 nitrogen and oxygen atoms in total. The number of likely N-dealkylation sites (tertiary alicyclic amines) is 1. The molecular weight excluding hydrogens is 182 g/mol. The minimum atomic E-state index is -0.851. The fourth-order valence-electron chi connectivity index (χ4n) is 1.21. The SMILES string of the molecule is O=C1CC(Cl)CN1CC(O)CO. The average Bonchev–Trinajstić information content (AvgIpc) is 2.30. The third-order valence-corrected chi connectivity index (χ3v) is 2.10. The van der Waals surface area contributed by atoms with Crippen LogP contribution in [-0.2, 0) is 4.79 Å². The van der Waals surface area contributed by atoms with Gasteiger partial charge in [-0.1, -0.05) is 0 Å². The van der Waals surface area contributed by atoms with Crippen molar-refractivity contribution in [1.29, 1.82) is 0 Å². The van der Waals surface area contributed by atoms with Crippen molar-refractivity contribution in [1.82, 2.24) is 4.90 Å². The predicted molar refractivity (Wildman–Crippen MR) is 43.9 cm³/mol. The van der Waals surface area contributed by atoms with Gasteiger partial charge >= 0.3 is 0 Å². The van der Waals surface area contributed by atoms with Crippen molar-refractivity contribution < 1.29 is 15.0 Å². The van der Waals surface area contributed by atoms with Crippen molar-refractivity contribution in [2.45, 2.75) is 17.9 Å². The molecule has 12 heavy (non-hydrogen) atoms. The quantitative estimate of drug-likeness (QED) is 0.576. The van der Waals surface area contributed by atoms with Crippen molar-refractivity contribution in [2.75, 3.05) is 19.7 Å². The molecule has 70 valence electrons. The first-order valence-corrected chi connectivity index (χ1v) is 4.28. The Hall–Kier alpha value is -0.320. The number of carbonyl (C=O) groups excluding carboxylic acids is 1. The summed E-state index contributed by atoms with van der Waals surface area (Å²) in [6.07, 6.45) is -0.518. The summed E-state index contributed by atoms with van der Waals surface area (Å²) in [4.78, 5) is 12.6. The highest BCUT2D eigenvalue weighted by atomic mass is 35.5. The van der Waals surface area contributed by atoms with Gasteiger partial charge in [-0.15, -0.1) is 11.6 Å². The van der Waals surface area contributed by atoms with E-state index in [1.165, 1.54) is 4.90 Å². The fourth-order valence-corrected chi connectivity index (χ4v) is 1.51. The van der Waals surface area contributed by atoms with E-state index in [9.17, 15) is 4.79 Å². The molecule has 1 fully saturated rings. The first-order chi connectivity index (χ1) is 5.63. The Morgan fingerprint density at radius 1 is 1.75 bits per heavy atom. The fraction of sp³-hybridized carbons (Fsp3) is 0.857. The number of alkyl halides is 1. The largest absolute Gasteiger partial charge is 0.394 e. The molecule has 2 atom stereocenters. The molecule has 0 aromatic heterocycles. The summed E-state index contributed by atoms with van der Waals surface area (Å²) < 4.78 is 0. The average molecular weight is 194 g/mol. The van der Waals surface area contributed by atoms with Crippen molar-refractivity contribution in [2.24, 2.45) is 0 Å². The van der Waals surface area contributed by atoms with E-state index in [0.717, 1.165) is 0 Å². The normalized spacial score (nSPS) is 26.4. The number of aliphatic hydroxyl groups excluding tert-OH is 2. The third-order valence-electron chi connectivity index (χ3n) is 1.81. The maximum Gasteiger partial charge on any atom is 0.224 e. The van der Waals surface area contributed by atoms with E-state index in [-0.39, 0.29) is 24.4 Å². The Labute approximate surface area is 75.7 Å². The van der Waals surface area contributed by atoms with Crippen LogP contribution in [0.4, 0.5) is 0 Å². The molecule has 1 amide bonds. The van der Waals surface area contributed by atoms with Gasteiger partial charge in [0.15, 0.2) is 0 Å². The zero-order valence-corrected chi connectivity index (χ0v) is 7.37. The number of aliphatic hydroxyl groups is 2. The molecule has 0 radical (unpaired) electrons. The van der Waals surface area contributed by atoms with Crippen LogP contribution in [0.1, 0.15) is 6.42 Å². The zero-order chi connectivity index (χ0) is 9.14. The van der Waals surface area contributed by atoms with E-state index < -0.39 is 6.10 Å². The Morgan fingerprint density at radius 3 is 2.83 bits per heavy atom. The summed E-state index contributed by atoms with van der Waals surface area (Å²) in [6, 6.07) is 0. The van der Waals surface area contributed by atoms with Crippen molar-refractivity contribution in [3.05, 3.63) is 0 Å². The molecule has 0 aromatic rings. The van der Waals surface area contributed by atoms with Crippen LogP contribution in [0.3, 0.4) is 0 Å². The van der Waals surface area contributed by atoms with Crippen molar-refractivity contribution in [3.8, 4) is 0 Å². The molecule has 1 aliphatic rings. The number of carbonyl (C=O) groups is 1. The van der Waals surface area contributed by atoms with Crippen LogP contribution >= 0.6 is 11.6 Å². The van der Waals surface area contributed by atoms with Gasteiger partial charge in [-0.25, -0.2) is 0 Å². The monoisotopic (exact) mass is 193 g/mol. The van der Waals surface area contributed by atoms with E-state index in [4.69, 9.17) is 21.8 Å². The molecule has 0 saturated carbocycles. The molecule has 2 N–H and O–H groups in total. The first-order valence-electron chi connectivity index (χ1n) is 3.84. The van der Waals surface area contributed by atoms with E-state index in [1.54, 1.807) is 0 Å². The summed E-state index contributed by atoms with van der Waals surface area (Å²) in [5.41, 5.74) is 0. The van der Waals surface area contributed by atoms with E-state index in [1.807, 2.05) is 0 Å². The Bertz CT molecular complexity index is 176. The smallest absolute Gasteiger partial charge is 0.224 e. The molecule has 1 aliphatic heterocycles. The van der Waals surface area contributed by atoms with Crippen molar-refractivity contribution in [3.63, 3.8) is 0 Å². The Morgan fingerprint density at radius 2 is 2.42 bits per heavy atom. The number of nitrogens with zero attached hydrogens (tertiary/aromatic N) is 1. The number of hydrogen-bond donors (Lipinski definition) is 2. The Balaban J connectivity index is 2.37.